The Morgan fingerprint density at radius 2 is 1.50 bits per heavy atom. The molecule has 0 spiro atoms. The van der Waals surface area contributed by atoms with Gasteiger partial charge in [0.25, 0.3) is 0 Å². The van der Waals surface area contributed by atoms with Crippen molar-refractivity contribution in [3.8, 4) is 11.5 Å². The lowest BCUT2D eigenvalue weighted by molar-refractivity contribution is -0.383. The monoisotopic (exact) mass is 568 g/mol. The summed E-state index contributed by atoms with van der Waals surface area (Å²) in [6.07, 6.45) is 4.30. The highest BCUT2D eigenvalue weighted by Crippen LogP contribution is 2.40. The Balaban J connectivity index is 1.82. The highest BCUT2D eigenvalue weighted by molar-refractivity contribution is 5.78. The first-order valence-electron chi connectivity index (χ1n) is 14.4. The lowest BCUT2D eigenvalue weighted by atomic mass is 9.96. The molecule has 220 valence electrons. The number of nitrogens with zero attached hydrogens (tertiary/aromatic N) is 2. The summed E-state index contributed by atoms with van der Waals surface area (Å²) in [5.74, 6) is 1.79. The number of ether oxygens (including phenoxy) is 2. The predicted molar refractivity (Wildman–Crippen MR) is 169 cm³/mol. The second-order valence-electron chi connectivity index (χ2n) is 10.3. The lowest BCUT2D eigenvalue weighted by Crippen LogP contribution is -2.16. The molecule has 42 heavy (non-hydrogen) atoms. The van der Waals surface area contributed by atoms with Crippen molar-refractivity contribution in [3.63, 3.8) is 0 Å². The third kappa shape index (κ3) is 7.78. The van der Waals surface area contributed by atoms with Crippen LogP contribution in [-0.2, 0) is 19.4 Å². The SMILES string of the molecule is CCCCCc1nc(NCc2ccc(OC)cc2)c([N+](=O)[O-])c(N[C@@H](C)c2ccccc2)c1Cc1ccc(OC)cc1. The van der Waals surface area contributed by atoms with Gasteiger partial charge in [0.05, 0.1) is 19.1 Å². The van der Waals surface area contributed by atoms with Crippen molar-refractivity contribution in [2.75, 3.05) is 24.9 Å². The summed E-state index contributed by atoms with van der Waals surface area (Å²) in [5.41, 5.74) is 5.21. The Hall–Kier alpha value is -4.59. The number of aryl methyl sites for hydroxylation is 1. The zero-order chi connectivity index (χ0) is 29.9. The molecule has 0 saturated carbocycles. The largest absolute Gasteiger partial charge is 0.497 e. The van der Waals surface area contributed by atoms with Gasteiger partial charge in [-0.2, -0.15) is 0 Å². The van der Waals surface area contributed by atoms with E-state index in [0.29, 0.717) is 18.7 Å². The van der Waals surface area contributed by atoms with Crippen LogP contribution in [0.15, 0.2) is 78.9 Å². The van der Waals surface area contributed by atoms with Gasteiger partial charge in [-0.3, -0.25) is 10.1 Å². The summed E-state index contributed by atoms with van der Waals surface area (Å²) < 4.78 is 10.6. The van der Waals surface area contributed by atoms with Crippen molar-refractivity contribution >= 4 is 17.2 Å². The van der Waals surface area contributed by atoms with Gasteiger partial charge >= 0.3 is 5.69 Å². The van der Waals surface area contributed by atoms with Gasteiger partial charge in [-0.15, -0.1) is 0 Å². The Kier molecular flexibility index (Phi) is 10.8. The first-order valence-corrected chi connectivity index (χ1v) is 14.4. The number of anilines is 2. The number of hydrogen-bond donors (Lipinski definition) is 2. The quantitative estimate of drug-likeness (QED) is 0.0849. The summed E-state index contributed by atoms with van der Waals surface area (Å²) in [6, 6.07) is 25.3. The number of pyridine rings is 1. The number of hydrogen-bond acceptors (Lipinski definition) is 7. The Bertz CT molecular complexity index is 1440. The van der Waals surface area contributed by atoms with Gasteiger partial charge in [-0.25, -0.2) is 4.98 Å². The number of benzene rings is 3. The maximum atomic E-state index is 12.8. The summed E-state index contributed by atoms with van der Waals surface area (Å²) in [4.78, 5) is 17.4. The standard InChI is InChI=1S/C34H40N4O4/c1-5-6-8-13-31-30(22-25-14-18-28(41-3)19-15-25)32(36-24(2)27-11-9-7-10-12-27)33(38(39)40)34(37-31)35-23-26-16-20-29(42-4)21-17-26/h7,9-12,14-21,24H,5-6,8,13,22-23H2,1-4H3,(H2,35,36,37)/t24-/m0/s1. The van der Waals surface area contributed by atoms with E-state index >= 15 is 0 Å². The van der Waals surface area contributed by atoms with Crippen LogP contribution < -0.4 is 20.1 Å². The van der Waals surface area contributed by atoms with Crippen LogP contribution in [0.25, 0.3) is 0 Å². The van der Waals surface area contributed by atoms with E-state index < -0.39 is 0 Å². The van der Waals surface area contributed by atoms with Crippen molar-refractivity contribution in [2.24, 2.45) is 0 Å². The molecule has 0 unspecified atom stereocenters. The number of rotatable bonds is 15. The second kappa shape index (κ2) is 14.9. The average molecular weight is 569 g/mol. The molecule has 0 bridgehead atoms. The number of unbranched alkanes of at least 4 members (excludes halogenated alkanes) is 2. The Labute approximate surface area is 248 Å². The summed E-state index contributed by atoms with van der Waals surface area (Å²) >= 11 is 0. The average Bonchev–Trinajstić information content (AvgIpc) is 3.02. The maximum absolute atomic E-state index is 12.8. The predicted octanol–water partition coefficient (Wildman–Crippen LogP) is 8.12. The van der Waals surface area contributed by atoms with E-state index in [-0.39, 0.29) is 22.5 Å². The van der Waals surface area contributed by atoms with E-state index in [2.05, 4.69) is 17.6 Å². The third-order valence-electron chi connectivity index (χ3n) is 7.38. The first kappa shape index (κ1) is 30.4. The van der Waals surface area contributed by atoms with E-state index in [1.54, 1.807) is 14.2 Å². The highest BCUT2D eigenvalue weighted by Gasteiger charge is 2.29. The number of nitro groups is 1. The molecule has 3 aromatic carbocycles. The molecule has 0 radical (unpaired) electrons. The summed E-state index contributed by atoms with van der Waals surface area (Å²) in [6.45, 7) is 4.58. The molecule has 1 heterocycles. The number of nitrogens with one attached hydrogen (secondary N) is 2. The molecule has 1 aromatic heterocycles. The summed E-state index contributed by atoms with van der Waals surface area (Å²) in [7, 11) is 3.26. The van der Waals surface area contributed by atoms with Crippen LogP contribution in [0, 0.1) is 10.1 Å². The van der Waals surface area contributed by atoms with Gasteiger partial charge in [-0.1, -0.05) is 74.4 Å². The van der Waals surface area contributed by atoms with Crippen molar-refractivity contribution in [3.05, 3.63) is 117 Å². The van der Waals surface area contributed by atoms with Gasteiger partial charge in [0.1, 0.15) is 17.2 Å². The zero-order valence-electron chi connectivity index (χ0n) is 24.9. The minimum absolute atomic E-state index is 0.0472. The molecule has 0 fully saturated rings. The van der Waals surface area contributed by atoms with Crippen LogP contribution in [0.2, 0.25) is 0 Å². The van der Waals surface area contributed by atoms with Crippen LogP contribution in [-0.4, -0.2) is 24.1 Å². The smallest absolute Gasteiger partial charge is 0.334 e. The molecule has 1 atom stereocenters. The molecule has 0 amide bonds. The van der Waals surface area contributed by atoms with E-state index in [4.69, 9.17) is 14.5 Å². The molecule has 0 aliphatic carbocycles. The minimum Gasteiger partial charge on any atom is -0.497 e. The van der Waals surface area contributed by atoms with E-state index in [0.717, 1.165) is 65.1 Å². The van der Waals surface area contributed by atoms with Crippen molar-refractivity contribution in [1.29, 1.82) is 0 Å². The molecule has 4 aromatic rings. The van der Waals surface area contributed by atoms with Crippen LogP contribution in [0.1, 0.15) is 67.1 Å². The van der Waals surface area contributed by atoms with Gasteiger partial charge in [0, 0.05) is 30.3 Å². The van der Waals surface area contributed by atoms with Gasteiger partial charge in [0.15, 0.2) is 0 Å². The molecule has 2 N–H and O–H groups in total. The van der Waals surface area contributed by atoms with Crippen molar-refractivity contribution in [1.82, 2.24) is 4.98 Å². The minimum atomic E-state index is -0.323. The van der Waals surface area contributed by atoms with Gasteiger partial charge in [-0.05, 0) is 60.7 Å². The highest BCUT2D eigenvalue weighted by atomic mass is 16.6. The van der Waals surface area contributed by atoms with Crippen LogP contribution in [0.4, 0.5) is 17.2 Å². The van der Waals surface area contributed by atoms with E-state index in [1.807, 2.05) is 85.8 Å². The van der Waals surface area contributed by atoms with E-state index in [9.17, 15) is 10.1 Å². The fraction of sp³-hybridized carbons (Fsp3) is 0.324. The number of methoxy groups -OCH3 is 2. The van der Waals surface area contributed by atoms with E-state index in [1.165, 1.54) is 0 Å². The molecule has 0 aliphatic rings. The molecular weight excluding hydrogens is 528 g/mol. The molecular formula is C34H40N4O4. The number of aromatic nitrogens is 1. The Morgan fingerprint density at radius 1 is 0.881 bits per heavy atom. The fourth-order valence-electron chi connectivity index (χ4n) is 4.98. The lowest BCUT2D eigenvalue weighted by Gasteiger charge is -2.22. The van der Waals surface area contributed by atoms with Crippen LogP contribution in [0.5, 0.6) is 11.5 Å². The van der Waals surface area contributed by atoms with Crippen molar-refractivity contribution < 1.29 is 14.4 Å². The maximum Gasteiger partial charge on any atom is 0.334 e. The second-order valence-corrected chi connectivity index (χ2v) is 10.3. The molecule has 4 rings (SSSR count). The fourth-order valence-corrected chi connectivity index (χ4v) is 4.98. The molecule has 0 aliphatic heterocycles. The third-order valence-corrected chi connectivity index (χ3v) is 7.38. The van der Waals surface area contributed by atoms with Gasteiger partial charge < -0.3 is 20.1 Å². The molecule has 0 saturated heterocycles. The zero-order valence-corrected chi connectivity index (χ0v) is 24.9. The topological polar surface area (TPSA) is 98.6 Å². The van der Waals surface area contributed by atoms with Crippen molar-refractivity contribution in [2.45, 2.75) is 58.5 Å². The molecule has 8 nitrogen and oxygen atoms in total. The normalized spacial score (nSPS) is 11.5. The Morgan fingerprint density at radius 3 is 2.07 bits per heavy atom. The van der Waals surface area contributed by atoms with Crippen LogP contribution in [0.3, 0.4) is 0 Å². The van der Waals surface area contributed by atoms with Crippen LogP contribution >= 0.6 is 0 Å². The van der Waals surface area contributed by atoms with Gasteiger partial charge in [0.2, 0.25) is 5.82 Å². The first-order chi connectivity index (χ1) is 20.4. The molecule has 8 heteroatoms. The summed E-state index contributed by atoms with van der Waals surface area (Å²) in [5, 5.41) is 19.6.